The molecule has 4 aromatic carbocycles. The summed E-state index contributed by atoms with van der Waals surface area (Å²) < 4.78 is 6.18. The first kappa shape index (κ1) is 19.6. The minimum Gasteiger partial charge on any atom is -0.486 e. The Labute approximate surface area is 206 Å². The largest absolute Gasteiger partial charge is 0.486 e. The number of imidazole rings is 2. The van der Waals surface area contributed by atoms with E-state index in [-0.39, 0.29) is 0 Å². The van der Waals surface area contributed by atoms with E-state index in [1.165, 1.54) is 21.9 Å². The van der Waals surface area contributed by atoms with Crippen molar-refractivity contribution in [2.75, 3.05) is 0 Å². The minimum absolute atomic E-state index is 0.512. The highest BCUT2D eigenvalue weighted by molar-refractivity contribution is 6.23. The number of benzene rings is 4. The molecule has 0 aliphatic carbocycles. The van der Waals surface area contributed by atoms with Crippen molar-refractivity contribution in [3.05, 3.63) is 84.3 Å². The van der Waals surface area contributed by atoms with Crippen LogP contribution in [0, 0.1) is 13.8 Å². The van der Waals surface area contributed by atoms with Crippen molar-refractivity contribution in [1.29, 1.82) is 0 Å². The Morgan fingerprint density at radius 2 is 1.58 bits per heavy atom. The summed E-state index contributed by atoms with van der Waals surface area (Å²) >= 11 is 0. The highest BCUT2D eigenvalue weighted by Crippen LogP contribution is 2.42. The Morgan fingerprint density at radius 1 is 0.750 bits per heavy atom. The molecule has 1 aliphatic heterocycles. The number of aromatic amines is 2. The number of hydrogen-bond donors (Lipinski definition) is 2. The molecule has 2 N–H and O–H groups in total. The molecule has 0 radical (unpaired) electrons. The van der Waals surface area contributed by atoms with Gasteiger partial charge in [-0.3, -0.25) is 4.98 Å². The van der Waals surface area contributed by atoms with Gasteiger partial charge in [0.1, 0.15) is 24.0 Å². The van der Waals surface area contributed by atoms with E-state index in [4.69, 9.17) is 14.7 Å². The first-order valence-corrected chi connectivity index (χ1v) is 12.1. The standard InChI is InChI=1S/C30H21N5O/c1-15-32-26-14-36-30-20-6-3-17(11-19(20)5-8-23(30)27(26)33-15)18-4-7-22-24(12-18)21-9-10-31-13-25(21)29-28(22)34-16(2)35-29/h3-13H,14H2,1-2H3,(H,32,33)(H,34,35). The van der Waals surface area contributed by atoms with Crippen LogP contribution in [0.4, 0.5) is 0 Å². The second-order valence-electron chi connectivity index (χ2n) is 9.54. The fourth-order valence-electron chi connectivity index (χ4n) is 5.70. The second kappa shape index (κ2) is 6.92. The molecule has 8 rings (SSSR count). The lowest BCUT2D eigenvalue weighted by atomic mass is 9.94. The number of fused-ring (bicyclic) bond motifs is 11. The number of nitrogens with zero attached hydrogens (tertiary/aromatic N) is 3. The van der Waals surface area contributed by atoms with E-state index >= 15 is 0 Å². The normalized spacial score (nSPS) is 12.8. The number of ether oxygens (including phenoxy) is 1. The molecule has 172 valence electrons. The zero-order valence-electron chi connectivity index (χ0n) is 19.8. The summed E-state index contributed by atoms with van der Waals surface area (Å²) in [5, 5.41) is 6.84. The molecule has 1 aliphatic rings. The molecule has 0 amide bonds. The fraction of sp³-hybridized carbons (Fsp3) is 0.100. The van der Waals surface area contributed by atoms with Crippen LogP contribution in [0.2, 0.25) is 0 Å². The molecule has 36 heavy (non-hydrogen) atoms. The Bertz CT molecular complexity index is 2030. The van der Waals surface area contributed by atoms with E-state index in [1.54, 1.807) is 0 Å². The number of H-pyrrole nitrogens is 2. The molecule has 6 heteroatoms. The Morgan fingerprint density at radius 3 is 2.50 bits per heavy atom. The van der Waals surface area contributed by atoms with Crippen molar-refractivity contribution in [3.63, 3.8) is 0 Å². The number of hydrogen-bond acceptors (Lipinski definition) is 4. The van der Waals surface area contributed by atoms with Gasteiger partial charge in [-0.1, -0.05) is 30.3 Å². The highest BCUT2D eigenvalue weighted by Gasteiger charge is 2.23. The van der Waals surface area contributed by atoms with Gasteiger partial charge in [-0.05, 0) is 65.4 Å². The van der Waals surface area contributed by atoms with Gasteiger partial charge in [-0.25, -0.2) is 9.97 Å². The average molecular weight is 468 g/mol. The van der Waals surface area contributed by atoms with Crippen molar-refractivity contribution >= 4 is 43.4 Å². The molecule has 0 atom stereocenters. The maximum atomic E-state index is 6.18. The predicted octanol–water partition coefficient (Wildman–Crippen LogP) is 6.98. The summed E-state index contributed by atoms with van der Waals surface area (Å²) in [4.78, 5) is 20.6. The maximum Gasteiger partial charge on any atom is 0.137 e. The molecular weight excluding hydrogens is 446 g/mol. The number of aromatic nitrogens is 5. The molecule has 0 spiro atoms. The van der Waals surface area contributed by atoms with Gasteiger partial charge in [-0.15, -0.1) is 0 Å². The van der Waals surface area contributed by atoms with Crippen LogP contribution < -0.4 is 4.74 Å². The van der Waals surface area contributed by atoms with Gasteiger partial charge in [-0.2, -0.15) is 0 Å². The number of pyridine rings is 1. The molecule has 7 aromatic rings. The summed E-state index contributed by atoms with van der Waals surface area (Å²) in [5.74, 6) is 2.73. The molecule has 0 bridgehead atoms. The van der Waals surface area contributed by atoms with Crippen LogP contribution >= 0.6 is 0 Å². The average Bonchev–Trinajstić information content (AvgIpc) is 3.49. The van der Waals surface area contributed by atoms with Gasteiger partial charge in [0, 0.05) is 34.1 Å². The third kappa shape index (κ3) is 2.64. The lowest BCUT2D eigenvalue weighted by molar-refractivity contribution is 0.301. The maximum absolute atomic E-state index is 6.18. The van der Waals surface area contributed by atoms with Gasteiger partial charge in [0.2, 0.25) is 0 Å². The number of nitrogens with one attached hydrogen (secondary N) is 2. The van der Waals surface area contributed by atoms with Crippen LogP contribution in [0.1, 0.15) is 17.3 Å². The minimum atomic E-state index is 0.512. The molecule has 6 nitrogen and oxygen atoms in total. The lowest BCUT2D eigenvalue weighted by Crippen LogP contribution is -2.05. The summed E-state index contributed by atoms with van der Waals surface area (Å²) in [5.41, 5.74) is 7.45. The van der Waals surface area contributed by atoms with Crippen LogP contribution in [0.3, 0.4) is 0 Å². The van der Waals surface area contributed by atoms with Crippen molar-refractivity contribution < 1.29 is 4.74 Å². The van der Waals surface area contributed by atoms with Crippen LogP contribution in [-0.2, 0) is 6.61 Å². The van der Waals surface area contributed by atoms with E-state index < -0.39 is 0 Å². The van der Waals surface area contributed by atoms with Gasteiger partial charge < -0.3 is 14.7 Å². The summed E-state index contributed by atoms with van der Waals surface area (Å²) in [6.07, 6.45) is 3.76. The first-order valence-electron chi connectivity index (χ1n) is 12.1. The van der Waals surface area contributed by atoms with E-state index in [2.05, 4.69) is 69.5 Å². The van der Waals surface area contributed by atoms with Gasteiger partial charge in [0.15, 0.2) is 0 Å². The number of rotatable bonds is 1. The van der Waals surface area contributed by atoms with Gasteiger partial charge >= 0.3 is 0 Å². The number of aryl methyl sites for hydroxylation is 2. The van der Waals surface area contributed by atoms with E-state index in [9.17, 15) is 0 Å². The summed E-state index contributed by atoms with van der Waals surface area (Å²) in [6.45, 7) is 4.49. The molecule has 4 heterocycles. The van der Waals surface area contributed by atoms with Crippen LogP contribution in [0.15, 0.2) is 67.0 Å². The van der Waals surface area contributed by atoms with Gasteiger partial charge in [0.25, 0.3) is 0 Å². The van der Waals surface area contributed by atoms with Crippen LogP contribution in [0.5, 0.6) is 5.75 Å². The van der Waals surface area contributed by atoms with Crippen molar-refractivity contribution in [1.82, 2.24) is 24.9 Å². The van der Waals surface area contributed by atoms with Crippen molar-refractivity contribution in [2.45, 2.75) is 20.5 Å². The molecule has 0 saturated carbocycles. The Hall–Kier alpha value is -4.71. The third-order valence-electron chi connectivity index (χ3n) is 7.29. The third-order valence-corrected chi connectivity index (χ3v) is 7.29. The first-order chi connectivity index (χ1) is 17.6. The monoisotopic (exact) mass is 467 g/mol. The van der Waals surface area contributed by atoms with Crippen LogP contribution in [-0.4, -0.2) is 24.9 Å². The smallest absolute Gasteiger partial charge is 0.137 e. The Kier molecular flexibility index (Phi) is 3.76. The molecule has 0 saturated heterocycles. The second-order valence-corrected chi connectivity index (χ2v) is 9.54. The van der Waals surface area contributed by atoms with Gasteiger partial charge in [0.05, 0.1) is 22.4 Å². The highest BCUT2D eigenvalue weighted by atomic mass is 16.5. The zero-order valence-corrected chi connectivity index (χ0v) is 19.8. The summed E-state index contributed by atoms with van der Waals surface area (Å²) in [7, 11) is 0. The SMILES string of the molecule is Cc1nc2c([nH]1)COc1c-2ccc2cc(-c3ccc4c(c3)c3ccncc3c3nc(C)[nH]c43)ccc12. The fourth-order valence-corrected chi connectivity index (χ4v) is 5.70. The topological polar surface area (TPSA) is 79.5 Å². The van der Waals surface area contributed by atoms with Crippen molar-refractivity contribution in [3.8, 4) is 28.1 Å². The van der Waals surface area contributed by atoms with E-state index in [0.29, 0.717) is 6.61 Å². The predicted molar refractivity (Wildman–Crippen MR) is 143 cm³/mol. The van der Waals surface area contributed by atoms with Crippen LogP contribution in [0.25, 0.3) is 65.7 Å². The van der Waals surface area contributed by atoms with Crippen molar-refractivity contribution in [2.24, 2.45) is 0 Å². The zero-order chi connectivity index (χ0) is 24.0. The molecule has 0 unspecified atom stereocenters. The lowest BCUT2D eigenvalue weighted by Gasteiger charge is -2.19. The summed E-state index contributed by atoms with van der Waals surface area (Å²) in [6, 6.07) is 19.6. The quantitative estimate of drug-likeness (QED) is 0.255. The van der Waals surface area contributed by atoms with E-state index in [0.717, 1.165) is 66.9 Å². The Balaban J connectivity index is 1.32. The van der Waals surface area contributed by atoms with E-state index in [1.807, 2.05) is 26.2 Å². The molecular formula is C30H21N5O. The molecule has 0 fully saturated rings. The molecule has 3 aromatic heterocycles.